The molecule has 2 aromatic rings. The second-order valence-corrected chi connectivity index (χ2v) is 9.02. The number of rotatable bonds is 8. The Balaban J connectivity index is 1.77. The van der Waals surface area contributed by atoms with E-state index >= 15 is 0 Å². The first-order chi connectivity index (χ1) is 15.7. The highest BCUT2D eigenvalue weighted by atomic mass is 35.5. The topological polar surface area (TPSA) is 82.1 Å². The number of halogens is 1. The Morgan fingerprint density at radius 2 is 1.88 bits per heavy atom. The number of hydrogen-bond donors (Lipinski definition) is 0. The van der Waals surface area contributed by atoms with E-state index in [1.165, 1.54) is 13.2 Å². The zero-order valence-electron chi connectivity index (χ0n) is 18.7. The summed E-state index contributed by atoms with van der Waals surface area (Å²) in [7, 11) is 1.49. The quantitative estimate of drug-likeness (QED) is 0.371. The Bertz CT molecular complexity index is 1100. The number of hydrogen-bond acceptors (Lipinski definition) is 7. The van der Waals surface area contributed by atoms with Gasteiger partial charge in [0.1, 0.15) is 13.2 Å². The van der Waals surface area contributed by atoms with Crippen LogP contribution in [-0.2, 0) is 20.9 Å². The molecule has 174 valence electrons. The molecule has 1 fully saturated rings. The van der Waals surface area contributed by atoms with Gasteiger partial charge in [0, 0.05) is 0 Å². The average Bonchev–Trinajstić information content (AvgIpc) is 3.00. The minimum atomic E-state index is -0.645. The zero-order valence-corrected chi connectivity index (χ0v) is 20.3. The Morgan fingerprint density at radius 3 is 2.52 bits per heavy atom. The van der Waals surface area contributed by atoms with Crippen LogP contribution in [0.5, 0.6) is 11.5 Å². The van der Waals surface area contributed by atoms with Gasteiger partial charge >= 0.3 is 5.97 Å². The lowest BCUT2D eigenvalue weighted by molar-refractivity contribution is -0.149. The number of amides is 2. The first-order valence-corrected chi connectivity index (χ1v) is 11.4. The molecule has 0 spiro atoms. The number of imide groups is 1. The predicted molar refractivity (Wildman–Crippen MR) is 127 cm³/mol. The fourth-order valence-electron chi connectivity index (χ4n) is 3.02. The van der Waals surface area contributed by atoms with Crippen LogP contribution in [0, 0.1) is 6.92 Å². The van der Waals surface area contributed by atoms with E-state index in [1.54, 1.807) is 26.0 Å². The minimum Gasteiger partial charge on any atom is -0.493 e. The van der Waals surface area contributed by atoms with Crippen LogP contribution in [0.1, 0.15) is 30.5 Å². The van der Waals surface area contributed by atoms with Crippen LogP contribution in [0.15, 0.2) is 41.3 Å². The normalized spacial score (nSPS) is 14.8. The maximum absolute atomic E-state index is 12.7. The summed E-state index contributed by atoms with van der Waals surface area (Å²) in [5.41, 5.74) is 2.68. The number of thioether (sulfide) groups is 1. The molecule has 2 amide bonds. The van der Waals surface area contributed by atoms with Crippen molar-refractivity contribution in [1.29, 1.82) is 0 Å². The minimum absolute atomic E-state index is 0.170. The van der Waals surface area contributed by atoms with E-state index in [0.717, 1.165) is 27.8 Å². The number of aryl methyl sites for hydroxylation is 1. The zero-order chi connectivity index (χ0) is 24.1. The van der Waals surface area contributed by atoms with Crippen LogP contribution in [0.25, 0.3) is 6.08 Å². The molecule has 0 radical (unpaired) electrons. The van der Waals surface area contributed by atoms with Crippen molar-refractivity contribution in [3.05, 3.63) is 63.0 Å². The number of nitrogens with zero attached hydrogens (tertiary/aromatic N) is 1. The summed E-state index contributed by atoms with van der Waals surface area (Å²) in [5, 5.41) is -0.240. The molecule has 1 aliphatic rings. The molecule has 0 N–H and O–H groups in total. The van der Waals surface area contributed by atoms with Crippen molar-refractivity contribution in [2.45, 2.75) is 33.5 Å². The van der Waals surface area contributed by atoms with Crippen molar-refractivity contribution < 1.29 is 28.6 Å². The van der Waals surface area contributed by atoms with E-state index in [4.69, 9.17) is 25.8 Å². The Kier molecular flexibility index (Phi) is 8.05. The van der Waals surface area contributed by atoms with Crippen LogP contribution in [-0.4, -0.2) is 41.8 Å². The number of carbonyl (C=O) groups is 3. The highest BCUT2D eigenvalue weighted by Crippen LogP contribution is 2.39. The van der Waals surface area contributed by atoms with Crippen LogP contribution >= 0.6 is 23.4 Å². The van der Waals surface area contributed by atoms with Gasteiger partial charge in [0.2, 0.25) is 0 Å². The third-order valence-electron chi connectivity index (χ3n) is 4.58. The second kappa shape index (κ2) is 10.8. The fourth-order valence-corrected chi connectivity index (χ4v) is 4.13. The fraction of sp³-hybridized carbons (Fsp3) is 0.292. The Morgan fingerprint density at radius 1 is 1.18 bits per heavy atom. The van der Waals surface area contributed by atoms with Gasteiger partial charge in [-0.3, -0.25) is 19.3 Å². The summed E-state index contributed by atoms with van der Waals surface area (Å²) in [4.78, 5) is 37.8. The standard InChI is InChI=1S/C24H24ClNO6S/c1-14(2)32-21(27)12-26-23(28)20(33-24(26)29)11-17-9-18(25)22(19(10-17)30-4)31-13-16-7-5-15(3)6-8-16/h5-11,14H,12-13H2,1-4H3/b20-11-. The number of methoxy groups -OCH3 is 1. The molecule has 0 unspecified atom stereocenters. The molecule has 2 aromatic carbocycles. The third-order valence-corrected chi connectivity index (χ3v) is 5.77. The lowest BCUT2D eigenvalue weighted by atomic mass is 10.1. The maximum atomic E-state index is 12.7. The molecule has 0 aliphatic carbocycles. The molecule has 0 saturated carbocycles. The molecule has 1 aliphatic heterocycles. The molecule has 1 saturated heterocycles. The largest absolute Gasteiger partial charge is 0.493 e. The second-order valence-electron chi connectivity index (χ2n) is 7.61. The first-order valence-electron chi connectivity index (χ1n) is 10.2. The number of carbonyl (C=O) groups excluding carboxylic acids is 3. The van der Waals surface area contributed by atoms with Gasteiger partial charge in [0.05, 0.1) is 23.1 Å². The Hall–Kier alpha value is -2.97. The van der Waals surface area contributed by atoms with Crippen molar-refractivity contribution in [2.24, 2.45) is 0 Å². The molecular weight excluding hydrogens is 466 g/mol. The molecule has 3 rings (SSSR count). The van der Waals surface area contributed by atoms with Crippen LogP contribution in [0.2, 0.25) is 5.02 Å². The van der Waals surface area contributed by atoms with Gasteiger partial charge in [-0.05, 0) is 61.9 Å². The lowest BCUT2D eigenvalue weighted by Crippen LogP contribution is -2.35. The molecule has 0 atom stereocenters. The summed E-state index contributed by atoms with van der Waals surface area (Å²) in [6.45, 7) is 5.26. The molecule has 33 heavy (non-hydrogen) atoms. The van der Waals surface area contributed by atoms with Crippen molar-refractivity contribution in [1.82, 2.24) is 4.90 Å². The van der Waals surface area contributed by atoms with Crippen molar-refractivity contribution in [3.8, 4) is 11.5 Å². The van der Waals surface area contributed by atoms with Gasteiger partial charge in [0.15, 0.2) is 11.5 Å². The monoisotopic (exact) mass is 489 g/mol. The number of ether oxygens (including phenoxy) is 3. The summed E-state index contributed by atoms with van der Waals surface area (Å²) in [5.74, 6) is -0.448. The average molecular weight is 490 g/mol. The van der Waals surface area contributed by atoms with Crippen LogP contribution in [0.3, 0.4) is 0 Å². The smallest absolute Gasteiger partial charge is 0.326 e. The Labute approximate surface area is 201 Å². The van der Waals surface area contributed by atoms with Gasteiger partial charge in [-0.2, -0.15) is 0 Å². The number of esters is 1. The SMILES string of the molecule is COc1cc(/C=C2\SC(=O)N(CC(=O)OC(C)C)C2=O)cc(Cl)c1OCc1ccc(C)cc1. The van der Waals surface area contributed by atoms with Gasteiger partial charge in [-0.15, -0.1) is 0 Å². The van der Waals surface area contributed by atoms with E-state index in [-0.39, 0.29) is 11.0 Å². The van der Waals surface area contributed by atoms with Crippen molar-refractivity contribution in [3.63, 3.8) is 0 Å². The summed E-state index contributed by atoms with van der Waals surface area (Å²) >= 11 is 7.18. The highest BCUT2D eigenvalue weighted by molar-refractivity contribution is 8.18. The summed E-state index contributed by atoms with van der Waals surface area (Å²) in [6.07, 6.45) is 1.19. The third kappa shape index (κ3) is 6.30. The molecule has 9 heteroatoms. The number of benzene rings is 2. The van der Waals surface area contributed by atoms with E-state index in [0.29, 0.717) is 28.7 Å². The van der Waals surface area contributed by atoms with Crippen molar-refractivity contribution >= 4 is 46.6 Å². The maximum Gasteiger partial charge on any atom is 0.326 e. The van der Waals surface area contributed by atoms with E-state index < -0.39 is 23.7 Å². The summed E-state index contributed by atoms with van der Waals surface area (Å²) in [6, 6.07) is 11.2. The van der Waals surface area contributed by atoms with E-state index in [1.807, 2.05) is 31.2 Å². The van der Waals surface area contributed by atoms with Gasteiger partial charge in [0.25, 0.3) is 11.1 Å². The van der Waals surface area contributed by atoms with Gasteiger partial charge in [-0.25, -0.2) is 0 Å². The van der Waals surface area contributed by atoms with Gasteiger partial charge in [-0.1, -0.05) is 41.4 Å². The molecule has 1 heterocycles. The molecule has 7 nitrogen and oxygen atoms in total. The lowest BCUT2D eigenvalue weighted by Gasteiger charge is -2.14. The first kappa shape index (κ1) is 24.7. The predicted octanol–water partition coefficient (Wildman–Crippen LogP) is 5.22. The molecular formula is C24H24ClNO6S. The van der Waals surface area contributed by atoms with E-state index in [9.17, 15) is 14.4 Å². The van der Waals surface area contributed by atoms with Crippen molar-refractivity contribution in [2.75, 3.05) is 13.7 Å². The van der Waals surface area contributed by atoms with Crippen LogP contribution < -0.4 is 9.47 Å². The van der Waals surface area contributed by atoms with Gasteiger partial charge < -0.3 is 14.2 Å². The highest BCUT2D eigenvalue weighted by Gasteiger charge is 2.36. The summed E-state index contributed by atoms with van der Waals surface area (Å²) < 4.78 is 16.3. The molecule has 0 bridgehead atoms. The van der Waals surface area contributed by atoms with E-state index in [2.05, 4.69) is 0 Å². The molecule has 0 aromatic heterocycles. The van der Waals surface area contributed by atoms with Crippen LogP contribution in [0.4, 0.5) is 4.79 Å².